The lowest BCUT2D eigenvalue weighted by molar-refractivity contribution is 1.03. The molecule has 0 fully saturated rings. The van der Waals surface area contributed by atoms with Crippen LogP contribution in [-0.4, -0.2) is 4.98 Å². The molecule has 0 atom stereocenters. The standard InChI is InChI=1S/C14H14Br2N2/c1-9-6-10(2)14(12(15)7-9)17-8-11-4-3-5-13(16)18-11/h3-7,17H,8H2,1-2H3. The Morgan fingerprint density at radius 3 is 2.61 bits per heavy atom. The van der Waals surface area contributed by atoms with Gasteiger partial charge in [0.25, 0.3) is 0 Å². The van der Waals surface area contributed by atoms with Gasteiger partial charge in [-0.05, 0) is 75.0 Å². The highest BCUT2D eigenvalue weighted by atomic mass is 79.9. The Balaban J connectivity index is 2.16. The first-order valence-corrected chi connectivity index (χ1v) is 7.27. The lowest BCUT2D eigenvalue weighted by atomic mass is 10.1. The van der Waals surface area contributed by atoms with Crippen LogP contribution in [0, 0.1) is 13.8 Å². The van der Waals surface area contributed by atoms with Crippen molar-refractivity contribution >= 4 is 37.5 Å². The third-order valence-electron chi connectivity index (χ3n) is 2.65. The predicted octanol–water partition coefficient (Wildman–Crippen LogP) is 4.84. The van der Waals surface area contributed by atoms with E-state index in [4.69, 9.17) is 0 Å². The molecule has 1 N–H and O–H groups in total. The molecule has 0 aliphatic carbocycles. The lowest BCUT2D eigenvalue weighted by Crippen LogP contribution is -2.04. The van der Waals surface area contributed by atoms with Gasteiger partial charge in [0.15, 0.2) is 0 Å². The van der Waals surface area contributed by atoms with E-state index in [-0.39, 0.29) is 0 Å². The average Bonchev–Trinajstić information content (AvgIpc) is 2.27. The maximum atomic E-state index is 4.40. The van der Waals surface area contributed by atoms with Crippen LogP contribution in [0.5, 0.6) is 0 Å². The van der Waals surface area contributed by atoms with Gasteiger partial charge in [0, 0.05) is 4.47 Å². The van der Waals surface area contributed by atoms with Gasteiger partial charge in [0.05, 0.1) is 17.9 Å². The number of aryl methyl sites for hydroxylation is 2. The average molecular weight is 370 g/mol. The lowest BCUT2D eigenvalue weighted by Gasteiger charge is -2.12. The number of benzene rings is 1. The van der Waals surface area contributed by atoms with E-state index >= 15 is 0 Å². The molecular formula is C14H14Br2N2. The molecular weight excluding hydrogens is 356 g/mol. The Bertz CT molecular complexity index is 544. The van der Waals surface area contributed by atoms with Gasteiger partial charge < -0.3 is 5.32 Å². The van der Waals surface area contributed by atoms with E-state index in [9.17, 15) is 0 Å². The molecule has 1 aromatic heterocycles. The molecule has 1 aromatic carbocycles. The Kier molecular flexibility index (Phi) is 4.40. The summed E-state index contributed by atoms with van der Waals surface area (Å²) in [5.74, 6) is 0. The summed E-state index contributed by atoms with van der Waals surface area (Å²) in [7, 11) is 0. The fourth-order valence-electron chi connectivity index (χ4n) is 1.87. The molecule has 0 saturated heterocycles. The summed E-state index contributed by atoms with van der Waals surface area (Å²) in [4.78, 5) is 4.40. The van der Waals surface area contributed by atoms with Crippen LogP contribution in [-0.2, 0) is 6.54 Å². The van der Waals surface area contributed by atoms with E-state index in [0.717, 1.165) is 20.5 Å². The summed E-state index contributed by atoms with van der Waals surface area (Å²) in [6, 6.07) is 10.2. The van der Waals surface area contributed by atoms with Crippen molar-refractivity contribution in [3.63, 3.8) is 0 Å². The van der Waals surface area contributed by atoms with Crippen molar-refractivity contribution in [2.24, 2.45) is 0 Å². The zero-order chi connectivity index (χ0) is 13.1. The fraction of sp³-hybridized carbons (Fsp3) is 0.214. The van der Waals surface area contributed by atoms with Crippen molar-refractivity contribution in [1.29, 1.82) is 0 Å². The molecule has 2 nitrogen and oxygen atoms in total. The Morgan fingerprint density at radius 2 is 1.94 bits per heavy atom. The number of nitrogens with one attached hydrogen (secondary N) is 1. The van der Waals surface area contributed by atoms with Gasteiger partial charge in [0.1, 0.15) is 4.60 Å². The van der Waals surface area contributed by atoms with Gasteiger partial charge >= 0.3 is 0 Å². The minimum atomic E-state index is 0.710. The van der Waals surface area contributed by atoms with Crippen molar-refractivity contribution in [2.45, 2.75) is 20.4 Å². The first kappa shape index (κ1) is 13.6. The number of hydrogen-bond acceptors (Lipinski definition) is 2. The molecule has 18 heavy (non-hydrogen) atoms. The maximum absolute atomic E-state index is 4.40. The monoisotopic (exact) mass is 368 g/mol. The summed E-state index contributed by atoms with van der Waals surface area (Å²) >= 11 is 6.97. The van der Waals surface area contributed by atoms with Crippen LogP contribution in [0.15, 0.2) is 39.4 Å². The summed E-state index contributed by atoms with van der Waals surface area (Å²) < 4.78 is 1.96. The smallest absolute Gasteiger partial charge is 0.106 e. The van der Waals surface area contributed by atoms with Crippen LogP contribution in [0.4, 0.5) is 5.69 Å². The first-order chi connectivity index (χ1) is 8.56. The van der Waals surface area contributed by atoms with Gasteiger partial charge in [-0.2, -0.15) is 0 Å². The maximum Gasteiger partial charge on any atom is 0.106 e. The highest BCUT2D eigenvalue weighted by Gasteiger charge is 2.05. The van der Waals surface area contributed by atoms with Crippen molar-refractivity contribution < 1.29 is 0 Å². The van der Waals surface area contributed by atoms with Gasteiger partial charge in [-0.3, -0.25) is 0 Å². The van der Waals surface area contributed by atoms with Crippen molar-refractivity contribution in [1.82, 2.24) is 4.98 Å². The van der Waals surface area contributed by atoms with Crippen LogP contribution in [0.25, 0.3) is 0 Å². The summed E-state index contributed by atoms with van der Waals surface area (Å²) in [5.41, 5.74) is 4.63. The number of hydrogen-bond donors (Lipinski definition) is 1. The van der Waals surface area contributed by atoms with Crippen molar-refractivity contribution in [3.05, 3.63) is 56.2 Å². The van der Waals surface area contributed by atoms with Crippen LogP contribution < -0.4 is 5.32 Å². The predicted molar refractivity (Wildman–Crippen MR) is 82.9 cm³/mol. The molecule has 0 aliphatic heterocycles. The van der Waals surface area contributed by atoms with E-state index in [1.807, 2.05) is 18.2 Å². The number of rotatable bonds is 3. The van der Waals surface area contributed by atoms with Gasteiger partial charge in [-0.1, -0.05) is 12.1 Å². The van der Waals surface area contributed by atoms with E-state index in [1.54, 1.807) is 0 Å². The molecule has 0 aliphatic rings. The van der Waals surface area contributed by atoms with Crippen LogP contribution >= 0.6 is 31.9 Å². The molecule has 2 rings (SSSR count). The normalized spacial score (nSPS) is 10.4. The van der Waals surface area contributed by atoms with Gasteiger partial charge in [-0.15, -0.1) is 0 Å². The van der Waals surface area contributed by atoms with Gasteiger partial charge in [-0.25, -0.2) is 4.98 Å². The Hall–Kier alpha value is -0.870. The highest BCUT2D eigenvalue weighted by molar-refractivity contribution is 9.10. The zero-order valence-corrected chi connectivity index (χ0v) is 13.5. The molecule has 0 radical (unpaired) electrons. The number of nitrogens with zero attached hydrogens (tertiary/aromatic N) is 1. The van der Waals surface area contributed by atoms with E-state index in [2.05, 4.69) is 68.1 Å². The quantitative estimate of drug-likeness (QED) is 0.783. The van der Waals surface area contributed by atoms with E-state index in [0.29, 0.717) is 6.54 Å². The second-order valence-corrected chi connectivity index (χ2v) is 5.91. The van der Waals surface area contributed by atoms with Crippen LogP contribution in [0.1, 0.15) is 16.8 Å². The molecule has 0 bridgehead atoms. The minimum absolute atomic E-state index is 0.710. The van der Waals surface area contributed by atoms with Crippen molar-refractivity contribution in [2.75, 3.05) is 5.32 Å². The second kappa shape index (κ2) is 5.85. The Morgan fingerprint density at radius 1 is 1.17 bits per heavy atom. The number of pyridine rings is 1. The summed E-state index contributed by atoms with van der Waals surface area (Å²) in [5, 5.41) is 3.42. The number of halogens is 2. The molecule has 0 spiro atoms. The van der Waals surface area contributed by atoms with Crippen LogP contribution in [0.3, 0.4) is 0 Å². The molecule has 0 saturated carbocycles. The molecule has 2 aromatic rings. The van der Waals surface area contributed by atoms with Gasteiger partial charge in [0.2, 0.25) is 0 Å². The third-order valence-corrected chi connectivity index (χ3v) is 3.72. The Labute approximate surface area is 124 Å². The highest BCUT2D eigenvalue weighted by Crippen LogP contribution is 2.28. The molecule has 1 heterocycles. The SMILES string of the molecule is Cc1cc(C)c(NCc2cccc(Br)n2)c(Br)c1. The minimum Gasteiger partial charge on any atom is -0.378 e. The largest absolute Gasteiger partial charge is 0.378 e. The zero-order valence-electron chi connectivity index (χ0n) is 10.3. The third kappa shape index (κ3) is 3.33. The fourth-order valence-corrected chi connectivity index (χ4v) is 3.06. The second-order valence-electron chi connectivity index (χ2n) is 4.24. The molecule has 0 unspecified atom stereocenters. The van der Waals surface area contributed by atoms with E-state index < -0.39 is 0 Å². The topological polar surface area (TPSA) is 24.9 Å². The molecule has 4 heteroatoms. The first-order valence-electron chi connectivity index (χ1n) is 5.68. The number of aromatic nitrogens is 1. The number of anilines is 1. The van der Waals surface area contributed by atoms with E-state index in [1.165, 1.54) is 11.1 Å². The summed E-state index contributed by atoms with van der Waals surface area (Å²) in [6.45, 7) is 4.91. The van der Waals surface area contributed by atoms with Crippen molar-refractivity contribution in [3.8, 4) is 0 Å². The van der Waals surface area contributed by atoms with Crippen LogP contribution in [0.2, 0.25) is 0 Å². The molecule has 94 valence electrons. The molecule has 0 amide bonds. The summed E-state index contributed by atoms with van der Waals surface area (Å²) in [6.07, 6.45) is 0.